The van der Waals surface area contributed by atoms with Crippen LogP contribution in [0.3, 0.4) is 0 Å². The zero-order valence-corrected chi connectivity index (χ0v) is 9.54. The molecule has 0 aromatic heterocycles. The predicted octanol–water partition coefficient (Wildman–Crippen LogP) is 4.89. The minimum absolute atomic E-state index is 0.835. The average molecular weight is 192 g/mol. The van der Waals surface area contributed by atoms with Crippen molar-refractivity contribution in [1.82, 2.24) is 0 Å². The van der Waals surface area contributed by atoms with Gasteiger partial charge in [0.25, 0.3) is 0 Å². The van der Waals surface area contributed by atoms with Gasteiger partial charge in [-0.3, -0.25) is 0 Å². The van der Waals surface area contributed by atoms with Crippen molar-refractivity contribution in [2.75, 3.05) is 0 Å². The van der Waals surface area contributed by atoms with Crippen LogP contribution in [0.5, 0.6) is 0 Å². The van der Waals surface area contributed by atoms with E-state index in [1.165, 1.54) is 38.5 Å². The molecular weight excluding hydrogens is 168 g/mol. The smallest absolute Gasteiger partial charge is 0.0325 e. The maximum Gasteiger partial charge on any atom is -0.0325 e. The lowest BCUT2D eigenvalue weighted by molar-refractivity contribution is 0.442. The van der Waals surface area contributed by atoms with Crippen LogP contribution >= 0.6 is 0 Å². The van der Waals surface area contributed by atoms with Crippen LogP contribution in [0.1, 0.15) is 45.4 Å². The number of rotatable bonds is 9. The molecule has 0 aromatic rings. The summed E-state index contributed by atoms with van der Waals surface area (Å²) in [5, 5.41) is 0. The first-order valence-corrected chi connectivity index (χ1v) is 5.73. The number of hydrogen-bond donors (Lipinski definition) is 0. The Kier molecular flexibility index (Phi) is 9.73. The zero-order valence-electron chi connectivity index (χ0n) is 9.54. The lowest BCUT2D eigenvalue weighted by Crippen LogP contribution is -1.98. The van der Waals surface area contributed by atoms with E-state index >= 15 is 0 Å². The van der Waals surface area contributed by atoms with Gasteiger partial charge in [-0.25, -0.2) is 0 Å². The van der Waals surface area contributed by atoms with Gasteiger partial charge < -0.3 is 0 Å². The summed E-state index contributed by atoms with van der Waals surface area (Å²) in [6, 6.07) is 0. The van der Waals surface area contributed by atoms with Crippen LogP contribution < -0.4 is 0 Å². The van der Waals surface area contributed by atoms with Crippen molar-refractivity contribution in [3.05, 3.63) is 37.5 Å². The average Bonchev–Trinajstić information content (AvgIpc) is 2.20. The summed E-state index contributed by atoms with van der Waals surface area (Å²) in [7, 11) is 0. The molecule has 0 rings (SSSR count). The topological polar surface area (TPSA) is 0 Å². The second kappa shape index (κ2) is 10.3. The quantitative estimate of drug-likeness (QED) is 0.360. The van der Waals surface area contributed by atoms with E-state index in [1.807, 2.05) is 12.2 Å². The van der Waals surface area contributed by atoms with E-state index in [2.05, 4.69) is 32.2 Å². The van der Waals surface area contributed by atoms with Crippen molar-refractivity contribution < 1.29 is 0 Å². The Morgan fingerprint density at radius 2 is 2.00 bits per heavy atom. The van der Waals surface area contributed by atoms with Crippen molar-refractivity contribution in [1.29, 1.82) is 0 Å². The van der Waals surface area contributed by atoms with Gasteiger partial charge in [-0.2, -0.15) is 0 Å². The highest BCUT2D eigenvalue weighted by Crippen LogP contribution is 2.19. The van der Waals surface area contributed by atoms with Crippen LogP contribution in [0.4, 0.5) is 0 Å². The third-order valence-corrected chi connectivity index (χ3v) is 2.48. The Morgan fingerprint density at radius 3 is 2.57 bits per heavy atom. The van der Waals surface area contributed by atoms with Gasteiger partial charge in [0, 0.05) is 0 Å². The minimum Gasteiger partial charge on any atom is -0.103 e. The van der Waals surface area contributed by atoms with E-state index in [-0.39, 0.29) is 0 Å². The van der Waals surface area contributed by atoms with Gasteiger partial charge >= 0.3 is 0 Å². The lowest BCUT2D eigenvalue weighted by atomic mass is 9.93. The Balaban J connectivity index is 3.65. The van der Waals surface area contributed by atoms with E-state index in [9.17, 15) is 0 Å². The fraction of sp³-hybridized carbons (Fsp3) is 0.571. The van der Waals surface area contributed by atoms with E-state index in [0.717, 1.165) is 5.92 Å². The molecule has 0 heteroatoms. The molecule has 14 heavy (non-hydrogen) atoms. The molecule has 0 nitrogen and oxygen atoms in total. The van der Waals surface area contributed by atoms with E-state index in [0.29, 0.717) is 0 Å². The predicted molar refractivity (Wildman–Crippen MR) is 66.4 cm³/mol. The standard InChI is InChI=1S/C14H24/c1-4-7-9-10-13-14(11-6-3)12-8-5-2/h4,6-7,9,14H,1,3,5,8,10-13H2,2H3. The van der Waals surface area contributed by atoms with Crippen molar-refractivity contribution in [2.24, 2.45) is 5.92 Å². The maximum absolute atomic E-state index is 3.82. The molecular formula is C14H24. The first kappa shape index (κ1) is 13.2. The molecule has 0 fully saturated rings. The van der Waals surface area contributed by atoms with Crippen LogP contribution in [-0.2, 0) is 0 Å². The number of allylic oxidation sites excluding steroid dienone is 4. The molecule has 0 amide bonds. The van der Waals surface area contributed by atoms with Gasteiger partial charge in [0.1, 0.15) is 0 Å². The van der Waals surface area contributed by atoms with Crippen LogP contribution in [-0.4, -0.2) is 0 Å². The summed E-state index contributed by atoms with van der Waals surface area (Å²) in [4.78, 5) is 0. The Bertz CT molecular complexity index is 165. The summed E-state index contributed by atoms with van der Waals surface area (Å²) in [5.74, 6) is 0.835. The van der Waals surface area contributed by atoms with Gasteiger partial charge in [0.15, 0.2) is 0 Å². The minimum atomic E-state index is 0.835. The van der Waals surface area contributed by atoms with Crippen LogP contribution in [0.15, 0.2) is 37.5 Å². The molecule has 0 aliphatic rings. The van der Waals surface area contributed by atoms with Gasteiger partial charge in [0.2, 0.25) is 0 Å². The van der Waals surface area contributed by atoms with Gasteiger partial charge in [-0.15, -0.1) is 6.58 Å². The van der Waals surface area contributed by atoms with Crippen molar-refractivity contribution >= 4 is 0 Å². The van der Waals surface area contributed by atoms with Gasteiger partial charge in [-0.05, 0) is 25.2 Å². The number of hydrogen-bond acceptors (Lipinski definition) is 0. The zero-order chi connectivity index (χ0) is 10.6. The van der Waals surface area contributed by atoms with E-state index < -0.39 is 0 Å². The maximum atomic E-state index is 3.82. The van der Waals surface area contributed by atoms with Crippen molar-refractivity contribution in [2.45, 2.75) is 45.4 Å². The molecule has 0 radical (unpaired) electrons. The molecule has 0 aliphatic heterocycles. The summed E-state index contributed by atoms with van der Waals surface area (Å²) in [5.41, 5.74) is 0. The first-order valence-electron chi connectivity index (χ1n) is 5.73. The van der Waals surface area contributed by atoms with Gasteiger partial charge in [0.05, 0.1) is 0 Å². The third-order valence-electron chi connectivity index (χ3n) is 2.48. The molecule has 0 saturated heterocycles. The van der Waals surface area contributed by atoms with Gasteiger partial charge in [-0.1, -0.05) is 57.1 Å². The molecule has 0 N–H and O–H groups in total. The SMILES string of the molecule is C=CC=CCCC(CC=C)CCCC. The second-order valence-corrected chi connectivity index (χ2v) is 3.77. The first-order chi connectivity index (χ1) is 6.85. The Hall–Kier alpha value is -0.780. The summed E-state index contributed by atoms with van der Waals surface area (Å²) >= 11 is 0. The highest BCUT2D eigenvalue weighted by atomic mass is 14.1. The monoisotopic (exact) mass is 192 g/mol. The summed E-state index contributed by atoms with van der Waals surface area (Å²) in [6.45, 7) is 9.73. The molecule has 1 atom stereocenters. The van der Waals surface area contributed by atoms with Crippen LogP contribution in [0, 0.1) is 5.92 Å². The molecule has 80 valence electrons. The van der Waals surface area contributed by atoms with Crippen LogP contribution in [0.2, 0.25) is 0 Å². The Labute approximate surface area is 89.4 Å². The van der Waals surface area contributed by atoms with E-state index in [1.54, 1.807) is 0 Å². The largest absolute Gasteiger partial charge is 0.103 e. The highest BCUT2D eigenvalue weighted by Gasteiger charge is 2.04. The molecule has 0 aromatic carbocycles. The summed E-state index contributed by atoms with van der Waals surface area (Å²) in [6.07, 6.45) is 15.8. The van der Waals surface area contributed by atoms with Crippen molar-refractivity contribution in [3.63, 3.8) is 0 Å². The fourth-order valence-electron chi connectivity index (χ4n) is 1.63. The van der Waals surface area contributed by atoms with Crippen LogP contribution in [0.25, 0.3) is 0 Å². The van der Waals surface area contributed by atoms with Crippen molar-refractivity contribution in [3.8, 4) is 0 Å². The number of unbranched alkanes of at least 4 members (excludes halogenated alkanes) is 1. The molecule has 0 aliphatic carbocycles. The Morgan fingerprint density at radius 1 is 1.21 bits per heavy atom. The molecule has 0 saturated carbocycles. The second-order valence-electron chi connectivity index (χ2n) is 3.77. The molecule has 0 heterocycles. The molecule has 0 bridgehead atoms. The summed E-state index contributed by atoms with van der Waals surface area (Å²) < 4.78 is 0. The third kappa shape index (κ3) is 7.85. The lowest BCUT2D eigenvalue weighted by Gasteiger charge is -2.12. The van der Waals surface area contributed by atoms with E-state index in [4.69, 9.17) is 0 Å². The fourth-order valence-corrected chi connectivity index (χ4v) is 1.63. The molecule has 1 unspecified atom stereocenters. The normalized spacial score (nSPS) is 12.9. The highest BCUT2D eigenvalue weighted by molar-refractivity contribution is 4.97. The molecule has 0 spiro atoms.